The van der Waals surface area contributed by atoms with Crippen molar-refractivity contribution in [2.24, 2.45) is 0 Å². The van der Waals surface area contributed by atoms with Crippen LogP contribution >= 0.6 is 11.9 Å². The molecule has 0 radical (unpaired) electrons. The summed E-state index contributed by atoms with van der Waals surface area (Å²) in [6.07, 6.45) is 1.79. The van der Waals surface area contributed by atoms with Gasteiger partial charge in [-0.3, -0.25) is 19.2 Å². The monoisotopic (exact) mass is 453 g/mol. The van der Waals surface area contributed by atoms with Gasteiger partial charge in [0.1, 0.15) is 6.04 Å². The summed E-state index contributed by atoms with van der Waals surface area (Å²) in [4.78, 5) is 52.2. The summed E-state index contributed by atoms with van der Waals surface area (Å²) in [7, 11) is 1.66. The average Bonchev–Trinajstić information content (AvgIpc) is 2.79. The van der Waals surface area contributed by atoms with Crippen LogP contribution in [0.15, 0.2) is 59.5 Å². The number of benzene rings is 2. The highest BCUT2D eigenvalue weighted by atomic mass is 32.2. The van der Waals surface area contributed by atoms with Crippen LogP contribution in [0.3, 0.4) is 0 Å². The predicted octanol–water partition coefficient (Wildman–Crippen LogP) is 2.40. The molecule has 2 aromatic rings. The maximum absolute atomic E-state index is 13.1. The second-order valence-electron chi connectivity index (χ2n) is 7.63. The third-order valence-electron chi connectivity index (χ3n) is 5.21. The first kappa shape index (κ1) is 23.7. The molecule has 2 atom stereocenters. The molecule has 1 aliphatic heterocycles. The van der Waals surface area contributed by atoms with Crippen molar-refractivity contribution in [3.05, 3.63) is 65.7 Å². The number of amides is 2. The van der Waals surface area contributed by atoms with Crippen LogP contribution in [-0.2, 0) is 20.8 Å². The van der Waals surface area contributed by atoms with Crippen LogP contribution in [0.1, 0.15) is 35.7 Å². The number of hydrogen-bond donors (Lipinski definition) is 2. The molecule has 2 aromatic carbocycles. The second kappa shape index (κ2) is 11.1. The molecule has 1 unspecified atom stereocenters. The molecule has 8 heteroatoms. The molecule has 0 fully saturated rings. The van der Waals surface area contributed by atoms with E-state index in [-0.39, 0.29) is 12.2 Å². The summed E-state index contributed by atoms with van der Waals surface area (Å²) >= 11 is 1.30. The summed E-state index contributed by atoms with van der Waals surface area (Å²) < 4.78 is 1.57. The average molecular weight is 454 g/mol. The van der Waals surface area contributed by atoms with Gasteiger partial charge < -0.3 is 10.6 Å². The lowest BCUT2D eigenvalue weighted by Gasteiger charge is -2.31. The van der Waals surface area contributed by atoms with Gasteiger partial charge >= 0.3 is 0 Å². The van der Waals surface area contributed by atoms with Gasteiger partial charge in [0.05, 0.1) is 0 Å². The molecule has 1 aliphatic rings. The van der Waals surface area contributed by atoms with E-state index in [2.05, 4.69) is 10.6 Å². The van der Waals surface area contributed by atoms with Crippen molar-refractivity contribution in [2.75, 3.05) is 13.6 Å². The van der Waals surface area contributed by atoms with Crippen molar-refractivity contribution in [2.45, 2.75) is 43.2 Å². The summed E-state index contributed by atoms with van der Waals surface area (Å²) in [5, 5.41) is 5.28. The van der Waals surface area contributed by atoms with E-state index in [0.29, 0.717) is 12.1 Å². The van der Waals surface area contributed by atoms with E-state index in [9.17, 15) is 19.2 Å². The zero-order chi connectivity index (χ0) is 23.1. The first-order valence-electron chi connectivity index (χ1n) is 10.6. The number of carbonyl (C=O) groups excluding carboxylic acids is 4. The molecule has 2 N–H and O–H groups in total. The number of unbranched alkanes of at least 4 members (excludes halogenated alkanes) is 1. The van der Waals surface area contributed by atoms with Crippen LogP contribution in [0.5, 0.6) is 0 Å². The zero-order valence-electron chi connectivity index (χ0n) is 18.2. The molecule has 32 heavy (non-hydrogen) atoms. The van der Waals surface area contributed by atoms with Crippen molar-refractivity contribution in [3.8, 4) is 0 Å². The van der Waals surface area contributed by atoms with Gasteiger partial charge in [-0.15, -0.1) is 0 Å². The van der Waals surface area contributed by atoms with Gasteiger partial charge in [0.15, 0.2) is 11.8 Å². The fourth-order valence-corrected chi connectivity index (χ4v) is 4.50. The minimum Gasteiger partial charge on any atom is -0.349 e. The third kappa shape index (κ3) is 5.63. The largest absolute Gasteiger partial charge is 0.349 e. The first-order chi connectivity index (χ1) is 15.4. The molecule has 168 valence electrons. The first-order valence-corrected chi connectivity index (χ1v) is 11.4. The maximum atomic E-state index is 13.1. The van der Waals surface area contributed by atoms with E-state index in [1.54, 1.807) is 23.5 Å². The Morgan fingerprint density at radius 1 is 1.06 bits per heavy atom. The van der Waals surface area contributed by atoms with Crippen LogP contribution in [0, 0.1) is 0 Å². The van der Waals surface area contributed by atoms with E-state index in [1.165, 1.54) is 11.9 Å². The standard InChI is InChI=1S/C24H27N3O4S/c1-3-4-14-25-24(31)22(29)18(15-16-10-6-5-7-11-16)26-23(30)20-21(28)17-12-8-9-13-19(17)32-27(20)2/h5-13,18,20H,3-4,14-15H2,1-2H3,(H,25,31)(H,26,30)/t18-,20?/m0/s1. The highest BCUT2D eigenvalue weighted by Crippen LogP contribution is 2.33. The Morgan fingerprint density at radius 2 is 1.75 bits per heavy atom. The summed E-state index contributed by atoms with van der Waals surface area (Å²) in [6, 6.07) is 14.1. The molecule has 3 rings (SSSR count). The van der Waals surface area contributed by atoms with E-state index >= 15 is 0 Å². The Labute approximate surface area is 192 Å². The van der Waals surface area contributed by atoms with Crippen LogP contribution in [-0.4, -0.2) is 53.4 Å². The van der Waals surface area contributed by atoms with Crippen LogP contribution in [0.25, 0.3) is 0 Å². The molecule has 0 aromatic heterocycles. The van der Waals surface area contributed by atoms with Gasteiger partial charge in [0, 0.05) is 23.4 Å². The van der Waals surface area contributed by atoms with Crippen LogP contribution in [0.2, 0.25) is 0 Å². The number of likely N-dealkylation sites (N-methyl/N-ethyl adjacent to an activating group) is 1. The lowest BCUT2D eigenvalue weighted by Crippen LogP contribution is -2.56. The fourth-order valence-electron chi connectivity index (χ4n) is 3.49. The second-order valence-corrected chi connectivity index (χ2v) is 8.82. The predicted molar refractivity (Wildman–Crippen MR) is 123 cm³/mol. The quantitative estimate of drug-likeness (QED) is 0.262. The SMILES string of the molecule is CCCCNC(=O)C(=O)[C@H](Cc1ccccc1)NC(=O)C1C(=O)c2ccccc2SN1C. The summed E-state index contributed by atoms with van der Waals surface area (Å²) in [5.74, 6) is -2.40. The van der Waals surface area contributed by atoms with Crippen molar-refractivity contribution in [3.63, 3.8) is 0 Å². The maximum Gasteiger partial charge on any atom is 0.289 e. The highest BCUT2D eigenvalue weighted by Gasteiger charge is 2.39. The molecule has 1 heterocycles. The molecule has 0 saturated heterocycles. The molecule has 0 saturated carbocycles. The molecular formula is C24H27N3O4S. The van der Waals surface area contributed by atoms with E-state index in [1.807, 2.05) is 49.4 Å². The van der Waals surface area contributed by atoms with E-state index in [4.69, 9.17) is 0 Å². The number of nitrogens with one attached hydrogen (secondary N) is 2. The highest BCUT2D eigenvalue weighted by molar-refractivity contribution is 7.97. The van der Waals surface area contributed by atoms with Crippen molar-refractivity contribution >= 4 is 35.3 Å². The van der Waals surface area contributed by atoms with Crippen LogP contribution in [0.4, 0.5) is 0 Å². The summed E-state index contributed by atoms with van der Waals surface area (Å²) in [5.41, 5.74) is 1.27. The topological polar surface area (TPSA) is 95.6 Å². The summed E-state index contributed by atoms with van der Waals surface area (Å²) in [6.45, 7) is 2.38. The normalized spacial score (nSPS) is 16.7. The third-order valence-corrected chi connectivity index (χ3v) is 6.26. The van der Waals surface area contributed by atoms with Gasteiger partial charge in [-0.05, 0) is 37.0 Å². The number of Topliss-reactive ketones (excluding diaryl/α,β-unsaturated/α-hetero) is 2. The minimum atomic E-state index is -1.09. The number of ketones is 2. The number of fused-ring (bicyclic) bond motifs is 1. The van der Waals surface area contributed by atoms with Crippen molar-refractivity contribution in [1.82, 2.24) is 14.9 Å². The zero-order valence-corrected chi connectivity index (χ0v) is 19.0. The fraction of sp³-hybridized carbons (Fsp3) is 0.333. The molecule has 2 amide bonds. The Kier molecular flexibility index (Phi) is 8.19. The van der Waals surface area contributed by atoms with Gasteiger partial charge in [-0.25, -0.2) is 4.31 Å². The molecule has 0 spiro atoms. The number of hydrogen-bond acceptors (Lipinski definition) is 6. The molecule has 0 bridgehead atoms. The minimum absolute atomic E-state index is 0.154. The van der Waals surface area contributed by atoms with Crippen molar-refractivity contribution < 1.29 is 19.2 Å². The number of rotatable bonds is 9. The smallest absolute Gasteiger partial charge is 0.289 e. The molecule has 7 nitrogen and oxygen atoms in total. The Balaban J connectivity index is 1.79. The van der Waals surface area contributed by atoms with Gasteiger partial charge in [0.25, 0.3) is 5.91 Å². The Hall–Kier alpha value is -2.97. The van der Waals surface area contributed by atoms with Gasteiger partial charge in [-0.1, -0.05) is 61.9 Å². The number of carbonyl (C=O) groups is 4. The molecule has 0 aliphatic carbocycles. The Bertz CT molecular complexity index is 996. The lowest BCUT2D eigenvalue weighted by molar-refractivity contribution is -0.140. The number of nitrogens with zero attached hydrogens (tertiary/aromatic N) is 1. The van der Waals surface area contributed by atoms with Crippen LogP contribution < -0.4 is 10.6 Å². The van der Waals surface area contributed by atoms with Gasteiger partial charge in [-0.2, -0.15) is 0 Å². The molecular weight excluding hydrogens is 426 g/mol. The van der Waals surface area contributed by atoms with Crippen molar-refractivity contribution in [1.29, 1.82) is 0 Å². The van der Waals surface area contributed by atoms with E-state index in [0.717, 1.165) is 23.3 Å². The Morgan fingerprint density at radius 3 is 2.47 bits per heavy atom. The van der Waals surface area contributed by atoms with Gasteiger partial charge in [0.2, 0.25) is 11.7 Å². The lowest BCUT2D eigenvalue weighted by atomic mass is 9.99. The van der Waals surface area contributed by atoms with E-state index < -0.39 is 29.7 Å².